The van der Waals surface area contributed by atoms with Crippen LogP contribution in [-0.2, 0) is 29.4 Å². The van der Waals surface area contributed by atoms with Gasteiger partial charge in [0.05, 0.1) is 30.4 Å². The Morgan fingerprint density at radius 2 is 2.11 bits per heavy atom. The van der Waals surface area contributed by atoms with E-state index in [1.54, 1.807) is 0 Å². The standard InChI is InChI=1S/C9H18N2O6S2/c1-17-3-5-19(15,16)10-6-9(12)11-8-2-4-18(13,14)7-8/h8,10H,2-7H2,1H3,(H,11,12). The Hall–Kier alpha value is -0.710. The number of nitrogens with one attached hydrogen (secondary N) is 2. The quantitative estimate of drug-likeness (QED) is 0.553. The Labute approximate surface area is 112 Å². The van der Waals surface area contributed by atoms with Crippen LogP contribution in [0, 0.1) is 0 Å². The molecule has 0 aromatic rings. The molecule has 1 unspecified atom stereocenters. The summed E-state index contributed by atoms with van der Waals surface area (Å²) in [5, 5.41) is 2.49. The van der Waals surface area contributed by atoms with E-state index < -0.39 is 38.4 Å². The van der Waals surface area contributed by atoms with Crippen molar-refractivity contribution >= 4 is 25.8 Å². The number of ether oxygens (including phenoxy) is 1. The molecule has 0 spiro atoms. The van der Waals surface area contributed by atoms with Crippen molar-refractivity contribution in [2.75, 3.05) is 37.5 Å². The van der Waals surface area contributed by atoms with E-state index in [0.717, 1.165) is 0 Å². The lowest BCUT2D eigenvalue weighted by Crippen LogP contribution is -2.43. The Bertz CT molecular complexity index is 513. The predicted octanol–water partition coefficient (Wildman–Crippen LogP) is -2.14. The number of hydrogen-bond donors (Lipinski definition) is 2. The van der Waals surface area contributed by atoms with Crippen LogP contribution in [0.25, 0.3) is 0 Å². The molecule has 2 N–H and O–H groups in total. The molecule has 19 heavy (non-hydrogen) atoms. The SMILES string of the molecule is COCCS(=O)(=O)NCC(=O)NC1CCS(=O)(=O)C1. The van der Waals surface area contributed by atoms with Gasteiger partial charge in [0, 0.05) is 13.2 Å². The number of carbonyl (C=O) groups excluding carboxylic acids is 1. The fourth-order valence-electron chi connectivity index (χ4n) is 1.63. The first-order valence-electron chi connectivity index (χ1n) is 5.70. The van der Waals surface area contributed by atoms with Crippen LogP contribution in [0.3, 0.4) is 0 Å². The van der Waals surface area contributed by atoms with Crippen LogP contribution < -0.4 is 10.0 Å². The topological polar surface area (TPSA) is 119 Å². The Balaban J connectivity index is 2.33. The van der Waals surface area contributed by atoms with E-state index >= 15 is 0 Å². The first kappa shape index (κ1) is 16.3. The summed E-state index contributed by atoms with van der Waals surface area (Å²) in [5.74, 6) is -0.801. The number of rotatable bonds is 7. The van der Waals surface area contributed by atoms with Crippen molar-refractivity contribution in [3.05, 3.63) is 0 Å². The summed E-state index contributed by atoms with van der Waals surface area (Å²) in [6.45, 7) is -0.361. The number of sulfone groups is 1. The van der Waals surface area contributed by atoms with E-state index in [0.29, 0.717) is 6.42 Å². The highest BCUT2D eigenvalue weighted by molar-refractivity contribution is 7.91. The predicted molar refractivity (Wildman–Crippen MR) is 68.9 cm³/mol. The monoisotopic (exact) mass is 314 g/mol. The van der Waals surface area contributed by atoms with Crippen molar-refractivity contribution in [2.45, 2.75) is 12.5 Å². The fourth-order valence-corrected chi connectivity index (χ4v) is 4.18. The number of carbonyl (C=O) groups is 1. The van der Waals surface area contributed by atoms with Crippen molar-refractivity contribution in [1.82, 2.24) is 10.0 Å². The minimum Gasteiger partial charge on any atom is -0.384 e. The van der Waals surface area contributed by atoms with Crippen molar-refractivity contribution in [3.63, 3.8) is 0 Å². The summed E-state index contributed by atoms with van der Waals surface area (Å²) in [5.41, 5.74) is 0. The van der Waals surface area contributed by atoms with Gasteiger partial charge in [-0.3, -0.25) is 4.79 Å². The third-order valence-electron chi connectivity index (χ3n) is 2.61. The maximum Gasteiger partial charge on any atom is 0.235 e. The van der Waals surface area contributed by atoms with E-state index in [1.807, 2.05) is 0 Å². The summed E-state index contributed by atoms with van der Waals surface area (Å²) in [4.78, 5) is 11.5. The zero-order valence-electron chi connectivity index (χ0n) is 10.6. The summed E-state index contributed by atoms with van der Waals surface area (Å²) in [7, 11) is -5.24. The average Bonchev–Trinajstić information content (AvgIpc) is 2.64. The van der Waals surface area contributed by atoms with Crippen LogP contribution in [0.15, 0.2) is 0 Å². The van der Waals surface area contributed by atoms with Gasteiger partial charge in [-0.2, -0.15) is 0 Å². The molecule has 1 atom stereocenters. The van der Waals surface area contributed by atoms with Crippen LogP contribution in [-0.4, -0.2) is 66.3 Å². The van der Waals surface area contributed by atoms with Gasteiger partial charge >= 0.3 is 0 Å². The summed E-state index contributed by atoms with van der Waals surface area (Å²) in [6.07, 6.45) is 0.366. The second-order valence-electron chi connectivity index (χ2n) is 4.30. The van der Waals surface area contributed by atoms with Gasteiger partial charge in [0.1, 0.15) is 0 Å². The van der Waals surface area contributed by atoms with Crippen molar-refractivity contribution in [3.8, 4) is 0 Å². The molecule has 0 radical (unpaired) electrons. The van der Waals surface area contributed by atoms with Crippen LogP contribution >= 0.6 is 0 Å². The zero-order chi connectivity index (χ0) is 14.5. The van der Waals surface area contributed by atoms with Crippen LogP contribution in [0.4, 0.5) is 0 Å². The van der Waals surface area contributed by atoms with Gasteiger partial charge in [0.2, 0.25) is 15.9 Å². The molecular weight excluding hydrogens is 296 g/mol. The number of sulfonamides is 1. The molecular formula is C9H18N2O6S2. The van der Waals surface area contributed by atoms with Crippen molar-refractivity contribution < 1.29 is 26.4 Å². The van der Waals surface area contributed by atoms with E-state index in [2.05, 4.69) is 14.8 Å². The molecule has 0 aliphatic carbocycles. The van der Waals surface area contributed by atoms with E-state index in [4.69, 9.17) is 0 Å². The lowest BCUT2D eigenvalue weighted by atomic mass is 10.2. The number of methoxy groups -OCH3 is 1. The van der Waals surface area contributed by atoms with Crippen LogP contribution in [0.5, 0.6) is 0 Å². The van der Waals surface area contributed by atoms with Crippen molar-refractivity contribution in [1.29, 1.82) is 0 Å². The molecule has 112 valence electrons. The summed E-state index contributed by atoms with van der Waals surface area (Å²) in [6, 6.07) is -0.430. The molecule has 1 aliphatic heterocycles. The highest BCUT2D eigenvalue weighted by Crippen LogP contribution is 2.10. The maximum atomic E-state index is 11.5. The summed E-state index contributed by atoms with van der Waals surface area (Å²) >= 11 is 0. The molecule has 1 fully saturated rings. The first-order chi connectivity index (χ1) is 8.74. The van der Waals surface area contributed by atoms with E-state index in [-0.39, 0.29) is 23.9 Å². The number of amides is 1. The molecule has 1 amide bonds. The molecule has 8 nitrogen and oxygen atoms in total. The lowest BCUT2D eigenvalue weighted by molar-refractivity contribution is -0.120. The molecule has 1 heterocycles. The fraction of sp³-hybridized carbons (Fsp3) is 0.889. The average molecular weight is 314 g/mol. The zero-order valence-corrected chi connectivity index (χ0v) is 12.2. The van der Waals surface area contributed by atoms with Gasteiger partial charge in [-0.25, -0.2) is 21.6 Å². The lowest BCUT2D eigenvalue weighted by Gasteiger charge is -2.11. The highest BCUT2D eigenvalue weighted by atomic mass is 32.2. The molecule has 0 aromatic heterocycles. The van der Waals surface area contributed by atoms with Crippen molar-refractivity contribution in [2.24, 2.45) is 0 Å². The third kappa shape index (κ3) is 6.32. The van der Waals surface area contributed by atoms with Gasteiger partial charge in [-0.1, -0.05) is 0 Å². The molecule has 1 saturated heterocycles. The first-order valence-corrected chi connectivity index (χ1v) is 9.17. The second kappa shape index (κ2) is 6.64. The molecule has 1 rings (SSSR count). The highest BCUT2D eigenvalue weighted by Gasteiger charge is 2.28. The van der Waals surface area contributed by atoms with Crippen LogP contribution in [0.1, 0.15) is 6.42 Å². The normalized spacial score (nSPS) is 22.3. The molecule has 0 bridgehead atoms. The third-order valence-corrected chi connectivity index (χ3v) is 5.66. The number of hydrogen-bond acceptors (Lipinski definition) is 6. The van der Waals surface area contributed by atoms with Gasteiger partial charge < -0.3 is 10.1 Å². The largest absolute Gasteiger partial charge is 0.384 e. The maximum absolute atomic E-state index is 11.5. The van der Waals surface area contributed by atoms with E-state index in [9.17, 15) is 21.6 Å². The Morgan fingerprint density at radius 1 is 1.42 bits per heavy atom. The van der Waals surface area contributed by atoms with Gasteiger partial charge in [-0.15, -0.1) is 0 Å². The van der Waals surface area contributed by atoms with E-state index in [1.165, 1.54) is 7.11 Å². The summed E-state index contributed by atoms with van der Waals surface area (Å²) < 4.78 is 51.8. The minimum atomic E-state index is -3.55. The second-order valence-corrected chi connectivity index (χ2v) is 8.46. The Morgan fingerprint density at radius 3 is 2.63 bits per heavy atom. The smallest absolute Gasteiger partial charge is 0.235 e. The molecule has 1 aliphatic rings. The Kier molecular flexibility index (Phi) is 5.71. The van der Waals surface area contributed by atoms with Gasteiger partial charge in [-0.05, 0) is 6.42 Å². The molecule has 10 heteroatoms. The van der Waals surface area contributed by atoms with Gasteiger partial charge in [0.15, 0.2) is 9.84 Å². The minimum absolute atomic E-state index is 0.0395. The molecule has 0 aromatic carbocycles. The van der Waals surface area contributed by atoms with Gasteiger partial charge in [0.25, 0.3) is 0 Å². The molecule has 0 saturated carbocycles. The van der Waals surface area contributed by atoms with Crippen LogP contribution in [0.2, 0.25) is 0 Å².